The first-order chi connectivity index (χ1) is 11.3. The summed E-state index contributed by atoms with van der Waals surface area (Å²) in [4.78, 5) is 22.8. The van der Waals surface area contributed by atoms with Gasteiger partial charge in [0.15, 0.2) is 0 Å². The van der Waals surface area contributed by atoms with E-state index in [1.54, 1.807) is 6.20 Å². The van der Waals surface area contributed by atoms with Gasteiger partial charge in [-0.05, 0) is 25.3 Å². The van der Waals surface area contributed by atoms with Crippen molar-refractivity contribution in [2.24, 2.45) is 5.92 Å². The quantitative estimate of drug-likeness (QED) is 0.755. The van der Waals surface area contributed by atoms with Gasteiger partial charge in [0.05, 0.1) is 11.8 Å². The van der Waals surface area contributed by atoms with Crippen LogP contribution in [0.3, 0.4) is 0 Å². The van der Waals surface area contributed by atoms with Crippen molar-refractivity contribution in [2.75, 3.05) is 30.0 Å². The van der Waals surface area contributed by atoms with Gasteiger partial charge in [-0.1, -0.05) is 13.3 Å². The Bertz CT molecular complexity index is 684. The number of anilines is 1. The van der Waals surface area contributed by atoms with E-state index < -0.39 is 9.84 Å². The molecule has 0 radical (unpaired) electrons. The van der Waals surface area contributed by atoms with Crippen LogP contribution < -0.4 is 10.2 Å². The lowest BCUT2D eigenvalue weighted by Gasteiger charge is -2.19. The zero-order valence-electron chi connectivity index (χ0n) is 14.9. The summed E-state index contributed by atoms with van der Waals surface area (Å²) in [7, 11) is -3.12. The van der Waals surface area contributed by atoms with Crippen LogP contribution in [-0.2, 0) is 14.6 Å². The Hall–Kier alpha value is -1.41. The molecule has 1 aliphatic heterocycles. The zero-order chi connectivity index (χ0) is 17.7. The molecule has 0 unspecified atom stereocenters. The lowest BCUT2D eigenvalue weighted by molar-refractivity contribution is -0.121. The second kappa shape index (κ2) is 9.33. The molecule has 1 N–H and O–H groups in total. The first kappa shape index (κ1) is 21.6. The van der Waals surface area contributed by atoms with Gasteiger partial charge in [0.2, 0.25) is 5.91 Å². The molecule has 1 aromatic heterocycles. The second-order valence-electron chi connectivity index (χ2n) is 6.47. The standard InChI is InChI=1S/C16H26N4O3S.ClH/c1-4-5-13-10-20(15-6-8-17-12(2)18-15)11-14(13)19-16(21)7-9-24(3,22)23;/h6,8,13-14H,4-5,7,9-11H2,1-3H3,(H,19,21);1H/t13-,14-;/m0./s1. The maximum absolute atomic E-state index is 12.1. The van der Waals surface area contributed by atoms with Crippen molar-refractivity contribution >= 4 is 34.0 Å². The summed E-state index contributed by atoms with van der Waals surface area (Å²) in [5, 5.41) is 3.01. The molecular formula is C16H27ClN4O3S. The number of nitrogens with zero attached hydrogens (tertiary/aromatic N) is 3. The minimum absolute atomic E-state index is 0. The zero-order valence-corrected chi connectivity index (χ0v) is 16.6. The summed E-state index contributed by atoms with van der Waals surface area (Å²) in [6.07, 6.45) is 4.95. The average Bonchev–Trinajstić information content (AvgIpc) is 2.88. The third-order valence-electron chi connectivity index (χ3n) is 4.23. The number of carbonyl (C=O) groups is 1. The van der Waals surface area contributed by atoms with Crippen LogP contribution in [0.15, 0.2) is 12.3 Å². The highest BCUT2D eigenvalue weighted by Crippen LogP contribution is 2.25. The van der Waals surface area contributed by atoms with Crippen molar-refractivity contribution in [1.29, 1.82) is 0 Å². The van der Waals surface area contributed by atoms with Crippen LogP contribution >= 0.6 is 12.4 Å². The predicted molar refractivity (Wildman–Crippen MR) is 101 cm³/mol. The van der Waals surface area contributed by atoms with Crippen LogP contribution in [0.1, 0.15) is 32.0 Å². The smallest absolute Gasteiger partial charge is 0.221 e. The van der Waals surface area contributed by atoms with Crippen molar-refractivity contribution in [3.63, 3.8) is 0 Å². The molecule has 1 amide bonds. The number of aryl methyl sites for hydroxylation is 1. The molecule has 9 heteroatoms. The van der Waals surface area contributed by atoms with Gasteiger partial charge >= 0.3 is 0 Å². The Morgan fingerprint density at radius 1 is 1.40 bits per heavy atom. The van der Waals surface area contributed by atoms with E-state index in [1.807, 2.05) is 13.0 Å². The number of hydrogen-bond donors (Lipinski definition) is 1. The molecule has 1 fully saturated rings. The van der Waals surface area contributed by atoms with Gasteiger partial charge < -0.3 is 10.2 Å². The third-order valence-corrected chi connectivity index (χ3v) is 5.18. The van der Waals surface area contributed by atoms with Gasteiger partial charge in [0, 0.05) is 32.0 Å². The minimum Gasteiger partial charge on any atom is -0.354 e. The second-order valence-corrected chi connectivity index (χ2v) is 8.73. The lowest BCUT2D eigenvalue weighted by Crippen LogP contribution is -2.41. The monoisotopic (exact) mass is 390 g/mol. The molecule has 0 spiro atoms. The topological polar surface area (TPSA) is 92.3 Å². The Kier molecular flexibility index (Phi) is 8.08. The first-order valence-electron chi connectivity index (χ1n) is 8.30. The lowest BCUT2D eigenvalue weighted by atomic mass is 9.98. The number of nitrogens with one attached hydrogen (secondary N) is 1. The van der Waals surface area contributed by atoms with E-state index in [4.69, 9.17) is 0 Å². The molecule has 1 aliphatic rings. The summed E-state index contributed by atoms with van der Waals surface area (Å²) in [6.45, 7) is 5.50. The highest BCUT2D eigenvalue weighted by molar-refractivity contribution is 7.90. The molecule has 2 heterocycles. The molecule has 0 bridgehead atoms. The van der Waals surface area contributed by atoms with Gasteiger partial charge in [-0.2, -0.15) is 0 Å². The highest BCUT2D eigenvalue weighted by atomic mass is 35.5. The van der Waals surface area contributed by atoms with Crippen LogP contribution in [0.2, 0.25) is 0 Å². The molecule has 0 aliphatic carbocycles. The summed E-state index contributed by atoms with van der Waals surface area (Å²) < 4.78 is 22.4. The fourth-order valence-electron chi connectivity index (χ4n) is 3.06. The Balaban J connectivity index is 0.00000312. The van der Waals surface area contributed by atoms with Crippen molar-refractivity contribution in [3.05, 3.63) is 18.1 Å². The summed E-state index contributed by atoms with van der Waals surface area (Å²) in [5.41, 5.74) is 0. The first-order valence-corrected chi connectivity index (χ1v) is 10.4. The van der Waals surface area contributed by atoms with E-state index in [1.165, 1.54) is 0 Å². The van der Waals surface area contributed by atoms with Crippen molar-refractivity contribution in [1.82, 2.24) is 15.3 Å². The van der Waals surface area contributed by atoms with E-state index in [-0.39, 0.29) is 36.5 Å². The molecule has 0 saturated carbocycles. The largest absolute Gasteiger partial charge is 0.354 e. The van der Waals surface area contributed by atoms with Gasteiger partial charge in [0.1, 0.15) is 21.5 Å². The Morgan fingerprint density at radius 3 is 2.72 bits per heavy atom. The van der Waals surface area contributed by atoms with Crippen molar-refractivity contribution in [3.8, 4) is 0 Å². The van der Waals surface area contributed by atoms with Gasteiger partial charge in [-0.25, -0.2) is 18.4 Å². The van der Waals surface area contributed by atoms with E-state index >= 15 is 0 Å². The molecule has 1 saturated heterocycles. The molecule has 142 valence electrons. The number of rotatable bonds is 7. The van der Waals surface area contributed by atoms with Crippen LogP contribution in [0.5, 0.6) is 0 Å². The highest BCUT2D eigenvalue weighted by Gasteiger charge is 2.33. The van der Waals surface area contributed by atoms with Gasteiger partial charge in [0.25, 0.3) is 0 Å². The van der Waals surface area contributed by atoms with Crippen LogP contribution in [0.25, 0.3) is 0 Å². The molecule has 1 aromatic rings. The molecule has 2 rings (SSSR count). The van der Waals surface area contributed by atoms with E-state index in [0.717, 1.165) is 37.3 Å². The van der Waals surface area contributed by atoms with Crippen molar-refractivity contribution < 1.29 is 13.2 Å². The SMILES string of the molecule is CCC[C@H]1CN(c2ccnc(C)n2)C[C@@H]1NC(=O)CCS(C)(=O)=O.Cl. The summed E-state index contributed by atoms with van der Waals surface area (Å²) >= 11 is 0. The van der Waals surface area contributed by atoms with E-state index in [2.05, 4.69) is 27.1 Å². The van der Waals surface area contributed by atoms with Crippen LogP contribution in [0, 0.1) is 12.8 Å². The van der Waals surface area contributed by atoms with E-state index in [9.17, 15) is 13.2 Å². The molecule has 7 nitrogen and oxygen atoms in total. The number of hydrogen-bond acceptors (Lipinski definition) is 6. The summed E-state index contributed by atoms with van der Waals surface area (Å²) in [5.74, 6) is 1.62. The third kappa shape index (κ3) is 6.78. The molecule has 25 heavy (non-hydrogen) atoms. The van der Waals surface area contributed by atoms with Crippen LogP contribution in [-0.4, -0.2) is 55.4 Å². The Morgan fingerprint density at radius 2 is 2.12 bits per heavy atom. The van der Waals surface area contributed by atoms with Crippen molar-refractivity contribution in [2.45, 2.75) is 39.2 Å². The molecule has 2 atom stereocenters. The number of halogens is 1. The maximum Gasteiger partial charge on any atom is 0.221 e. The molecular weight excluding hydrogens is 364 g/mol. The predicted octanol–water partition coefficient (Wildman–Crippen LogP) is 1.36. The normalized spacial score (nSPS) is 20.2. The van der Waals surface area contributed by atoms with Gasteiger partial charge in [-0.3, -0.25) is 4.79 Å². The maximum atomic E-state index is 12.1. The van der Waals surface area contributed by atoms with E-state index in [0.29, 0.717) is 12.5 Å². The Labute approximate surface area is 155 Å². The number of aromatic nitrogens is 2. The fraction of sp³-hybridized carbons (Fsp3) is 0.688. The molecule has 0 aromatic carbocycles. The van der Waals surface area contributed by atoms with Gasteiger partial charge in [-0.15, -0.1) is 12.4 Å². The number of carbonyl (C=O) groups excluding carboxylic acids is 1. The minimum atomic E-state index is -3.12. The number of sulfone groups is 1. The average molecular weight is 391 g/mol. The van der Waals surface area contributed by atoms with Crippen LogP contribution in [0.4, 0.5) is 5.82 Å². The number of amides is 1. The fourth-order valence-corrected chi connectivity index (χ4v) is 3.62. The summed E-state index contributed by atoms with van der Waals surface area (Å²) in [6, 6.07) is 1.90.